The molecule has 1 aliphatic rings. The highest BCUT2D eigenvalue weighted by molar-refractivity contribution is 7.89. The van der Waals surface area contributed by atoms with Gasteiger partial charge in [0.05, 0.1) is 4.90 Å². The van der Waals surface area contributed by atoms with Gasteiger partial charge in [0.25, 0.3) is 0 Å². The minimum atomic E-state index is -3.51. The third-order valence-electron chi connectivity index (χ3n) is 5.11. The Balaban J connectivity index is 1.93. The number of hydrogen-bond acceptors (Lipinski definition) is 4. The van der Waals surface area contributed by atoms with E-state index in [1.165, 1.54) is 4.31 Å². The summed E-state index contributed by atoms with van der Waals surface area (Å²) < 4.78 is 27.3. The molecule has 0 atom stereocenters. The first-order valence-corrected chi connectivity index (χ1v) is 11.2. The van der Waals surface area contributed by atoms with Crippen LogP contribution < -0.4 is 11.1 Å². The lowest BCUT2D eigenvalue weighted by atomic mass is 9.87. The predicted molar refractivity (Wildman–Crippen MR) is 108 cm³/mol. The number of rotatable bonds is 7. The lowest BCUT2D eigenvalue weighted by Gasteiger charge is -2.30. The standard InChI is InChI=1S/C20H33N3O3S/c1-20(2,3)17-6-8-18(9-7-17)27(25,26)23-14-10-16(11-15-23)19(24)22-13-5-4-12-21/h6-9,16H,4-5,10-15,21H2,1-3H3,(H,22,24). The maximum absolute atomic E-state index is 12.9. The van der Waals surface area contributed by atoms with Crippen LogP contribution >= 0.6 is 0 Å². The van der Waals surface area contributed by atoms with Gasteiger partial charge in [-0.15, -0.1) is 0 Å². The molecule has 0 unspecified atom stereocenters. The molecule has 2 rings (SSSR count). The van der Waals surface area contributed by atoms with Gasteiger partial charge in [-0.3, -0.25) is 4.79 Å². The molecule has 1 saturated heterocycles. The fourth-order valence-electron chi connectivity index (χ4n) is 3.26. The number of carbonyl (C=O) groups is 1. The number of amides is 1. The summed E-state index contributed by atoms with van der Waals surface area (Å²) in [6.45, 7) is 8.32. The van der Waals surface area contributed by atoms with Crippen molar-refractivity contribution in [2.24, 2.45) is 11.7 Å². The van der Waals surface area contributed by atoms with Crippen LogP contribution in [0.3, 0.4) is 0 Å². The second-order valence-electron chi connectivity index (χ2n) is 8.24. The van der Waals surface area contributed by atoms with Gasteiger partial charge in [0, 0.05) is 25.6 Å². The first kappa shape index (κ1) is 21.9. The van der Waals surface area contributed by atoms with Crippen molar-refractivity contribution >= 4 is 15.9 Å². The molecule has 1 aliphatic heterocycles. The number of carbonyl (C=O) groups excluding carboxylic acids is 1. The van der Waals surface area contributed by atoms with Gasteiger partial charge in [0.1, 0.15) is 0 Å². The van der Waals surface area contributed by atoms with E-state index in [1.807, 2.05) is 12.1 Å². The van der Waals surface area contributed by atoms with Crippen LogP contribution in [-0.2, 0) is 20.2 Å². The highest BCUT2D eigenvalue weighted by Gasteiger charge is 2.32. The van der Waals surface area contributed by atoms with Crippen molar-refractivity contribution in [1.82, 2.24) is 9.62 Å². The van der Waals surface area contributed by atoms with Gasteiger partial charge in [-0.05, 0) is 55.3 Å². The summed E-state index contributed by atoms with van der Waals surface area (Å²) in [6.07, 6.45) is 2.88. The summed E-state index contributed by atoms with van der Waals surface area (Å²) in [5, 5.41) is 2.93. The maximum atomic E-state index is 12.9. The number of hydrogen-bond donors (Lipinski definition) is 2. The van der Waals surface area contributed by atoms with E-state index in [0.29, 0.717) is 43.9 Å². The van der Waals surface area contributed by atoms with E-state index >= 15 is 0 Å². The van der Waals surface area contributed by atoms with Gasteiger partial charge in [0.2, 0.25) is 15.9 Å². The molecule has 3 N–H and O–H groups in total. The molecule has 7 heteroatoms. The summed E-state index contributed by atoms with van der Waals surface area (Å²) in [5.74, 6) is -0.0869. The molecule has 0 saturated carbocycles. The van der Waals surface area contributed by atoms with E-state index in [2.05, 4.69) is 26.1 Å². The smallest absolute Gasteiger partial charge is 0.243 e. The molecular formula is C20H33N3O3S. The summed E-state index contributed by atoms with van der Waals surface area (Å²) in [7, 11) is -3.51. The summed E-state index contributed by atoms with van der Waals surface area (Å²) in [5.41, 5.74) is 6.53. The van der Waals surface area contributed by atoms with Crippen molar-refractivity contribution in [2.75, 3.05) is 26.2 Å². The van der Waals surface area contributed by atoms with Crippen molar-refractivity contribution in [3.05, 3.63) is 29.8 Å². The lowest BCUT2D eigenvalue weighted by molar-refractivity contribution is -0.126. The second kappa shape index (κ2) is 9.17. The molecule has 0 radical (unpaired) electrons. The number of piperidine rings is 1. The molecule has 6 nitrogen and oxygen atoms in total. The van der Waals surface area contributed by atoms with Crippen molar-refractivity contribution in [1.29, 1.82) is 0 Å². The lowest BCUT2D eigenvalue weighted by Crippen LogP contribution is -2.43. The highest BCUT2D eigenvalue weighted by atomic mass is 32.2. The minimum Gasteiger partial charge on any atom is -0.356 e. The number of nitrogens with one attached hydrogen (secondary N) is 1. The normalized spacial score (nSPS) is 17.0. The largest absolute Gasteiger partial charge is 0.356 e. The fraction of sp³-hybridized carbons (Fsp3) is 0.650. The van der Waals surface area contributed by atoms with Crippen LogP contribution in [0.4, 0.5) is 0 Å². The molecule has 27 heavy (non-hydrogen) atoms. The minimum absolute atomic E-state index is 0.0157. The molecular weight excluding hydrogens is 362 g/mol. The Hall–Kier alpha value is -1.44. The number of benzene rings is 1. The highest BCUT2D eigenvalue weighted by Crippen LogP contribution is 2.27. The Kier molecular flexibility index (Phi) is 7.42. The van der Waals surface area contributed by atoms with E-state index < -0.39 is 10.0 Å². The molecule has 1 fully saturated rings. The Morgan fingerprint density at radius 1 is 1.15 bits per heavy atom. The molecule has 1 aromatic carbocycles. The zero-order valence-corrected chi connectivity index (χ0v) is 17.5. The second-order valence-corrected chi connectivity index (χ2v) is 10.2. The average molecular weight is 396 g/mol. The maximum Gasteiger partial charge on any atom is 0.243 e. The van der Waals surface area contributed by atoms with Gasteiger partial charge in [0.15, 0.2) is 0 Å². The van der Waals surface area contributed by atoms with E-state index in [0.717, 1.165) is 18.4 Å². The first-order chi connectivity index (χ1) is 12.7. The Morgan fingerprint density at radius 3 is 2.26 bits per heavy atom. The van der Waals surface area contributed by atoms with Crippen molar-refractivity contribution in [3.8, 4) is 0 Å². The topological polar surface area (TPSA) is 92.5 Å². The third kappa shape index (κ3) is 5.77. The molecule has 0 aliphatic carbocycles. The van der Waals surface area contributed by atoms with Crippen LogP contribution in [0.2, 0.25) is 0 Å². The van der Waals surface area contributed by atoms with E-state index in [9.17, 15) is 13.2 Å². The fourth-order valence-corrected chi connectivity index (χ4v) is 4.73. The molecule has 1 amide bonds. The molecule has 1 aromatic rings. The Bertz CT molecular complexity index is 716. The van der Waals surface area contributed by atoms with Gasteiger partial charge in [-0.25, -0.2) is 8.42 Å². The summed E-state index contributed by atoms with van der Waals surface area (Å²) in [4.78, 5) is 12.5. The van der Waals surface area contributed by atoms with Gasteiger partial charge in [-0.2, -0.15) is 4.31 Å². The van der Waals surface area contributed by atoms with Crippen LogP contribution in [0, 0.1) is 5.92 Å². The van der Waals surface area contributed by atoms with Crippen LogP contribution in [0.25, 0.3) is 0 Å². The zero-order chi connectivity index (χ0) is 20.1. The van der Waals surface area contributed by atoms with Crippen molar-refractivity contribution < 1.29 is 13.2 Å². The first-order valence-electron chi connectivity index (χ1n) is 9.74. The monoisotopic (exact) mass is 395 g/mol. The van der Waals surface area contributed by atoms with E-state index in [4.69, 9.17) is 5.73 Å². The molecule has 0 aromatic heterocycles. The van der Waals surface area contributed by atoms with E-state index in [1.54, 1.807) is 12.1 Å². The third-order valence-corrected chi connectivity index (χ3v) is 7.03. The number of sulfonamides is 1. The van der Waals surface area contributed by atoms with Crippen LogP contribution in [0.5, 0.6) is 0 Å². The van der Waals surface area contributed by atoms with Crippen LogP contribution in [0.1, 0.15) is 52.0 Å². The van der Waals surface area contributed by atoms with Crippen molar-refractivity contribution in [2.45, 2.75) is 56.8 Å². The Morgan fingerprint density at radius 2 is 1.74 bits per heavy atom. The average Bonchev–Trinajstić information content (AvgIpc) is 2.64. The van der Waals surface area contributed by atoms with Crippen LogP contribution in [0.15, 0.2) is 29.2 Å². The van der Waals surface area contributed by atoms with Crippen LogP contribution in [-0.4, -0.2) is 44.8 Å². The summed E-state index contributed by atoms with van der Waals surface area (Å²) in [6, 6.07) is 7.14. The summed E-state index contributed by atoms with van der Waals surface area (Å²) >= 11 is 0. The number of nitrogens with two attached hydrogens (primary N) is 1. The van der Waals surface area contributed by atoms with Gasteiger partial charge < -0.3 is 11.1 Å². The van der Waals surface area contributed by atoms with Gasteiger partial charge in [-0.1, -0.05) is 32.9 Å². The Labute approximate surface area is 163 Å². The van der Waals surface area contributed by atoms with E-state index in [-0.39, 0.29) is 17.2 Å². The number of unbranched alkanes of at least 4 members (excludes halogenated alkanes) is 1. The molecule has 0 spiro atoms. The quantitative estimate of drug-likeness (QED) is 0.693. The number of nitrogens with zero attached hydrogens (tertiary/aromatic N) is 1. The van der Waals surface area contributed by atoms with Gasteiger partial charge >= 0.3 is 0 Å². The molecule has 0 bridgehead atoms. The SMILES string of the molecule is CC(C)(C)c1ccc(S(=O)(=O)N2CCC(C(=O)NCCCCN)CC2)cc1. The molecule has 1 heterocycles. The zero-order valence-electron chi connectivity index (χ0n) is 16.7. The molecule has 152 valence electrons. The van der Waals surface area contributed by atoms with Crippen molar-refractivity contribution in [3.63, 3.8) is 0 Å². The predicted octanol–water partition coefficient (Wildman–Crippen LogP) is 2.24.